The van der Waals surface area contributed by atoms with Crippen molar-refractivity contribution >= 4 is 35.3 Å². The normalized spacial score (nSPS) is 25.1. The van der Waals surface area contributed by atoms with Gasteiger partial charge in [0.05, 0.1) is 18.4 Å². The first-order valence-corrected chi connectivity index (χ1v) is 10.6. The van der Waals surface area contributed by atoms with Crippen molar-refractivity contribution in [2.24, 2.45) is 23.7 Å². The van der Waals surface area contributed by atoms with Crippen LogP contribution in [0.15, 0.2) is 42.5 Å². The molecule has 1 saturated heterocycles. The van der Waals surface area contributed by atoms with Gasteiger partial charge in [-0.3, -0.25) is 33.8 Å². The molecule has 9 heteroatoms. The molecule has 1 saturated carbocycles. The van der Waals surface area contributed by atoms with E-state index in [9.17, 15) is 24.0 Å². The molecule has 2 fully saturated rings. The number of likely N-dealkylation sites (tertiary alicyclic amines) is 1. The van der Waals surface area contributed by atoms with Crippen LogP contribution in [0.2, 0.25) is 0 Å². The number of carbonyl (C=O) groups is 5. The van der Waals surface area contributed by atoms with Gasteiger partial charge in [0.2, 0.25) is 11.8 Å². The average Bonchev–Trinajstić information content (AvgIpc) is 3.47. The van der Waals surface area contributed by atoms with E-state index < -0.39 is 42.8 Å². The lowest BCUT2D eigenvalue weighted by Crippen LogP contribution is -2.41. The lowest BCUT2D eigenvalue weighted by atomic mass is 9.85. The molecule has 4 rings (SSSR count). The number of carbonyl (C=O) groups excluding carboxylic acids is 5. The fraction of sp³-hybridized carbons (Fsp3) is 0.435. The number of esters is 2. The Hall–Kier alpha value is -3.49. The van der Waals surface area contributed by atoms with Crippen LogP contribution in [0, 0.1) is 23.7 Å². The number of rotatable bonds is 8. The summed E-state index contributed by atoms with van der Waals surface area (Å²) in [4.78, 5) is 64.4. The number of allylic oxidation sites excluding steroid dienone is 2. The Morgan fingerprint density at radius 3 is 2.19 bits per heavy atom. The van der Waals surface area contributed by atoms with Gasteiger partial charge in [-0.25, -0.2) is 0 Å². The van der Waals surface area contributed by atoms with Crippen molar-refractivity contribution in [3.05, 3.63) is 42.5 Å². The van der Waals surface area contributed by atoms with E-state index in [-0.39, 0.29) is 36.8 Å². The molecule has 1 aromatic carbocycles. The summed E-state index contributed by atoms with van der Waals surface area (Å²) < 4.78 is 9.97. The van der Waals surface area contributed by atoms with Crippen molar-refractivity contribution in [2.45, 2.75) is 13.3 Å². The molecule has 4 unspecified atom stereocenters. The summed E-state index contributed by atoms with van der Waals surface area (Å²) in [5.74, 6) is -3.49. The second kappa shape index (κ2) is 8.94. The molecular weight excluding hydrogens is 416 g/mol. The number of hydrogen-bond acceptors (Lipinski definition) is 7. The molecule has 2 bridgehead atoms. The highest BCUT2D eigenvalue weighted by Gasteiger charge is 2.59. The standard InChI is InChI=1S/C23H24N2O7/c1-2-31-18(27)11-24(16-6-4-3-5-7-16)17(26)13-32-19(28)12-25-22(29)20-14-8-9-15(10-14)21(20)23(25)30/h3-9,14-15,20-21H,2,10-13H2,1H3. The van der Waals surface area contributed by atoms with Crippen LogP contribution in [0.25, 0.3) is 0 Å². The minimum atomic E-state index is -0.857. The summed E-state index contributed by atoms with van der Waals surface area (Å²) in [5.41, 5.74) is 0.447. The number of anilines is 1. The first kappa shape index (κ1) is 21.7. The number of nitrogens with zero attached hydrogens (tertiary/aromatic N) is 2. The number of ether oxygens (including phenoxy) is 2. The molecule has 4 atom stereocenters. The summed E-state index contributed by atoms with van der Waals surface area (Å²) in [6, 6.07) is 8.45. The highest BCUT2D eigenvalue weighted by Crippen LogP contribution is 2.52. The van der Waals surface area contributed by atoms with Gasteiger partial charge in [-0.05, 0) is 37.3 Å². The third kappa shape index (κ3) is 4.02. The number of imide groups is 1. The zero-order chi connectivity index (χ0) is 22.8. The molecule has 0 aromatic heterocycles. The second-order valence-corrected chi connectivity index (χ2v) is 8.04. The number of para-hydroxylation sites is 1. The number of fused-ring (bicyclic) bond motifs is 5. The largest absolute Gasteiger partial charge is 0.465 e. The minimum absolute atomic E-state index is 0.0476. The number of benzene rings is 1. The predicted octanol–water partition coefficient (Wildman–Crippen LogP) is 0.933. The summed E-state index contributed by atoms with van der Waals surface area (Å²) in [5, 5.41) is 0. The maximum atomic E-state index is 12.7. The van der Waals surface area contributed by atoms with Crippen molar-refractivity contribution < 1.29 is 33.4 Å². The third-order valence-electron chi connectivity index (χ3n) is 6.17. The highest BCUT2D eigenvalue weighted by atomic mass is 16.5. The molecule has 1 aliphatic heterocycles. The Morgan fingerprint density at radius 2 is 1.59 bits per heavy atom. The van der Waals surface area contributed by atoms with Gasteiger partial charge in [-0.2, -0.15) is 0 Å². The Bertz CT molecular complexity index is 944. The Labute approximate surface area is 184 Å². The van der Waals surface area contributed by atoms with Gasteiger partial charge in [0.1, 0.15) is 13.1 Å². The zero-order valence-corrected chi connectivity index (χ0v) is 17.6. The molecule has 1 heterocycles. The van der Waals surface area contributed by atoms with Gasteiger partial charge >= 0.3 is 11.9 Å². The van der Waals surface area contributed by atoms with E-state index in [4.69, 9.17) is 9.47 Å². The first-order valence-electron chi connectivity index (χ1n) is 10.6. The van der Waals surface area contributed by atoms with Crippen LogP contribution in [0.5, 0.6) is 0 Å². The van der Waals surface area contributed by atoms with Crippen molar-refractivity contribution in [3.63, 3.8) is 0 Å². The summed E-state index contributed by atoms with van der Waals surface area (Å²) in [6.07, 6.45) is 4.74. The van der Waals surface area contributed by atoms with Crippen LogP contribution in [-0.2, 0) is 33.4 Å². The molecule has 0 N–H and O–H groups in total. The van der Waals surface area contributed by atoms with Crippen LogP contribution in [0.1, 0.15) is 13.3 Å². The average molecular weight is 440 g/mol. The summed E-state index contributed by atoms with van der Waals surface area (Å²) in [6.45, 7) is 0.326. The van der Waals surface area contributed by atoms with E-state index in [1.165, 1.54) is 0 Å². The predicted molar refractivity (Wildman–Crippen MR) is 111 cm³/mol. The van der Waals surface area contributed by atoms with Gasteiger partial charge in [-0.1, -0.05) is 30.4 Å². The van der Waals surface area contributed by atoms with Crippen molar-refractivity contribution in [3.8, 4) is 0 Å². The number of hydrogen-bond donors (Lipinski definition) is 0. The monoisotopic (exact) mass is 440 g/mol. The van der Waals surface area contributed by atoms with E-state index in [2.05, 4.69) is 0 Å². The van der Waals surface area contributed by atoms with E-state index >= 15 is 0 Å². The van der Waals surface area contributed by atoms with E-state index in [0.717, 1.165) is 16.2 Å². The smallest absolute Gasteiger partial charge is 0.326 e. The van der Waals surface area contributed by atoms with E-state index in [0.29, 0.717) is 5.69 Å². The molecule has 3 amide bonds. The quantitative estimate of drug-likeness (QED) is 0.336. The van der Waals surface area contributed by atoms with Gasteiger partial charge in [0.15, 0.2) is 6.61 Å². The topological polar surface area (TPSA) is 110 Å². The number of amides is 3. The Balaban J connectivity index is 1.35. The third-order valence-corrected chi connectivity index (χ3v) is 6.17. The minimum Gasteiger partial charge on any atom is -0.465 e. The Kier molecular flexibility index (Phi) is 6.07. The summed E-state index contributed by atoms with van der Waals surface area (Å²) >= 11 is 0. The van der Waals surface area contributed by atoms with Crippen molar-refractivity contribution in [1.82, 2.24) is 4.90 Å². The molecule has 0 spiro atoms. The lowest BCUT2D eigenvalue weighted by Gasteiger charge is -2.22. The molecular formula is C23H24N2O7. The van der Waals surface area contributed by atoms with Crippen LogP contribution in [0.4, 0.5) is 5.69 Å². The lowest BCUT2D eigenvalue weighted by molar-refractivity contribution is -0.155. The fourth-order valence-electron chi connectivity index (χ4n) is 4.78. The molecule has 3 aliphatic rings. The van der Waals surface area contributed by atoms with Crippen LogP contribution in [-0.4, -0.2) is 60.9 Å². The Morgan fingerprint density at radius 1 is 0.969 bits per heavy atom. The van der Waals surface area contributed by atoms with E-state index in [1.807, 2.05) is 12.2 Å². The van der Waals surface area contributed by atoms with Crippen LogP contribution >= 0.6 is 0 Å². The maximum Gasteiger partial charge on any atom is 0.326 e. The first-order chi connectivity index (χ1) is 15.4. The SMILES string of the molecule is CCOC(=O)CN(C(=O)COC(=O)CN1C(=O)C2C3C=CC(C3)C2C1=O)c1ccccc1. The van der Waals surface area contributed by atoms with Gasteiger partial charge in [-0.15, -0.1) is 0 Å². The molecule has 2 aliphatic carbocycles. The molecule has 32 heavy (non-hydrogen) atoms. The molecule has 168 valence electrons. The van der Waals surface area contributed by atoms with Gasteiger partial charge in [0.25, 0.3) is 5.91 Å². The fourth-order valence-corrected chi connectivity index (χ4v) is 4.78. The summed E-state index contributed by atoms with van der Waals surface area (Å²) in [7, 11) is 0. The molecule has 0 radical (unpaired) electrons. The van der Waals surface area contributed by atoms with Gasteiger partial charge < -0.3 is 9.47 Å². The van der Waals surface area contributed by atoms with Crippen LogP contribution in [0.3, 0.4) is 0 Å². The molecule has 9 nitrogen and oxygen atoms in total. The van der Waals surface area contributed by atoms with Crippen molar-refractivity contribution in [1.29, 1.82) is 0 Å². The highest BCUT2D eigenvalue weighted by molar-refractivity contribution is 6.08. The van der Waals surface area contributed by atoms with Crippen LogP contribution < -0.4 is 4.90 Å². The van der Waals surface area contributed by atoms with E-state index in [1.54, 1.807) is 37.3 Å². The van der Waals surface area contributed by atoms with Crippen molar-refractivity contribution in [2.75, 3.05) is 31.2 Å². The zero-order valence-electron chi connectivity index (χ0n) is 17.6. The van der Waals surface area contributed by atoms with Gasteiger partial charge in [0, 0.05) is 5.69 Å². The maximum absolute atomic E-state index is 12.7. The molecule has 1 aromatic rings. The second-order valence-electron chi connectivity index (χ2n) is 8.04.